The van der Waals surface area contributed by atoms with Gasteiger partial charge in [-0.2, -0.15) is 0 Å². The Balaban J connectivity index is 1.84. The van der Waals surface area contributed by atoms with Crippen molar-refractivity contribution in [2.24, 2.45) is 4.99 Å². The number of unbranched alkanes of at least 4 members (excludes halogenated alkanes) is 15. The molecule has 3 heteroatoms. The number of amidine groups is 1. The SMILES string of the molecule is C/C=C/CCCCCCCCCCCCCCCCCC1=NCC[N+]1(CC)C(C)O. The van der Waals surface area contributed by atoms with Crippen LogP contribution in [0.15, 0.2) is 17.1 Å². The van der Waals surface area contributed by atoms with Crippen LogP contribution < -0.4 is 0 Å². The minimum atomic E-state index is -0.315. The van der Waals surface area contributed by atoms with Gasteiger partial charge in [0.15, 0.2) is 6.23 Å². The van der Waals surface area contributed by atoms with Gasteiger partial charge in [0.1, 0.15) is 6.54 Å². The predicted molar refractivity (Wildman–Crippen MR) is 133 cm³/mol. The van der Waals surface area contributed by atoms with Crippen molar-refractivity contribution < 1.29 is 9.59 Å². The molecule has 0 saturated heterocycles. The Bertz CT molecular complexity index is 458. The Morgan fingerprint density at radius 1 is 0.833 bits per heavy atom. The summed E-state index contributed by atoms with van der Waals surface area (Å²) in [5.41, 5.74) is 0. The first-order valence-electron chi connectivity index (χ1n) is 13.4. The molecule has 0 aromatic heterocycles. The number of rotatable bonds is 20. The molecule has 0 amide bonds. The van der Waals surface area contributed by atoms with Gasteiger partial charge in [-0.3, -0.25) is 4.48 Å². The molecule has 1 rings (SSSR count). The highest BCUT2D eigenvalue weighted by atomic mass is 16.3. The lowest BCUT2D eigenvalue weighted by molar-refractivity contribution is -0.882. The fourth-order valence-corrected chi connectivity index (χ4v) is 4.95. The zero-order valence-corrected chi connectivity index (χ0v) is 20.7. The minimum absolute atomic E-state index is 0.315. The van der Waals surface area contributed by atoms with E-state index in [2.05, 4.69) is 26.0 Å². The van der Waals surface area contributed by atoms with Gasteiger partial charge in [0, 0.05) is 13.3 Å². The Labute approximate surface area is 188 Å². The lowest BCUT2D eigenvalue weighted by Gasteiger charge is -2.36. The van der Waals surface area contributed by atoms with Crippen LogP contribution in [0.3, 0.4) is 0 Å². The highest BCUT2D eigenvalue weighted by Gasteiger charge is 2.40. The van der Waals surface area contributed by atoms with Crippen LogP contribution in [-0.4, -0.2) is 41.3 Å². The molecule has 176 valence electrons. The number of aliphatic hydroxyl groups is 1. The lowest BCUT2D eigenvalue weighted by Crippen LogP contribution is -2.56. The number of aliphatic hydroxyl groups excluding tert-OH is 1. The van der Waals surface area contributed by atoms with Gasteiger partial charge in [-0.25, -0.2) is 4.99 Å². The van der Waals surface area contributed by atoms with Crippen LogP contribution in [0.1, 0.15) is 130 Å². The van der Waals surface area contributed by atoms with E-state index < -0.39 is 0 Å². The second kappa shape index (κ2) is 18.0. The fourth-order valence-electron chi connectivity index (χ4n) is 4.95. The van der Waals surface area contributed by atoms with E-state index in [1.807, 2.05) is 6.92 Å². The van der Waals surface area contributed by atoms with Gasteiger partial charge in [-0.1, -0.05) is 95.6 Å². The summed E-state index contributed by atoms with van der Waals surface area (Å²) in [4.78, 5) is 4.72. The lowest BCUT2D eigenvalue weighted by atomic mass is 10.0. The van der Waals surface area contributed by atoms with Crippen LogP contribution in [0.4, 0.5) is 0 Å². The zero-order valence-electron chi connectivity index (χ0n) is 20.7. The third-order valence-corrected chi connectivity index (χ3v) is 7.09. The highest BCUT2D eigenvalue weighted by molar-refractivity contribution is 5.76. The highest BCUT2D eigenvalue weighted by Crippen LogP contribution is 2.23. The molecule has 0 aromatic rings. The van der Waals surface area contributed by atoms with E-state index in [0.29, 0.717) is 0 Å². The molecule has 2 unspecified atom stereocenters. The number of aliphatic imine (C=N–C) groups is 1. The topological polar surface area (TPSA) is 32.6 Å². The van der Waals surface area contributed by atoms with E-state index in [1.54, 1.807) is 0 Å². The van der Waals surface area contributed by atoms with E-state index in [-0.39, 0.29) is 6.23 Å². The summed E-state index contributed by atoms with van der Waals surface area (Å²) in [6.07, 6.45) is 27.5. The molecule has 0 aliphatic carbocycles. The maximum atomic E-state index is 10.2. The fraction of sp³-hybridized carbons (Fsp3) is 0.889. The van der Waals surface area contributed by atoms with Crippen molar-refractivity contribution in [3.8, 4) is 0 Å². The summed E-state index contributed by atoms with van der Waals surface area (Å²) in [5.74, 6) is 1.25. The largest absolute Gasteiger partial charge is 0.345 e. The van der Waals surface area contributed by atoms with Gasteiger partial charge >= 0.3 is 0 Å². The molecule has 0 fully saturated rings. The number of hydrogen-bond donors (Lipinski definition) is 1. The van der Waals surface area contributed by atoms with Crippen molar-refractivity contribution in [2.75, 3.05) is 19.6 Å². The van der Waals surface area contributed by atoms with Crippen molar-refractivity contribution in [1.82, 2.24) is 0 Å². The molecule has 0 radical (unpaired) electrons. The molecular formula is C27H53N2O+. The van der Waals surface area contributed by atoms with E-state index in [0.717, 1.165) is 30.5 Å². The molecule has 1 aliphatic rings. The summed E-state index contributed by atoms with van der Waals surface area (Å²) in [5, 5.41) is 10.2. The standard InChI is InChI=1S/C27H53N2O/c1-4-6-7-8-9-10-11-12-13-14-15-16-17-18-19-20-21-22-23-27-28-24-25-29(27,5-2)26(3)30/h4,6,26,30H,5,7-25H2,1-3H3/q+1/b6-4+. The van der Waals surface area contributed by atoms with Crippen LogP contribution in [-0.2, 0) is 0 Å². The summed E-state index contributed by atoms with van der Waals surface area (Å²) < 4.78 is 0.719. The monoisotopic (exact) mass is 421 g/mol. The van der Waals surface area contributed by atoms with Crippen molar-refractivity contribution >= 4 is 5.84 Å². The average molecular weight is 422 g/mol. The molecule has 1 N–H and O–H groups in total. The maximum Gasteiger partial charge on any atom is 0.200 e. The van der Waals surface area contributed by atoms with Crippen LogP contribution in [0, 0.1) is 0 Å². The zero-order chi connectivity index (χ0) is 21.9. The molecule has 1 heterocycles. The second-order valence-electron chi connectivity index (χ2n) is 9.41. The molecule has 1 aliphatic heterocycles. The summed E-state index contributed by atoms with van der Waals surface area (Å²) in [6.45, 7) is 9.07. The summed E-state index contributed by atoms with van der Waals surface area (Å²) >= 11 is 0. The quantitative estimate of drug-likeness (QED) is 0.121. The number of likely N-dealkylation sites (N-methyl/N-ethyl adjacent to an activating group) is 1. The normalized spacial score (nSPS) is 20.2. The molecule has 30 heavy (non-hydrogen) atoms. The minimum Gasteiger partial charge on any atom is -0.345 e. The Morgan fingerprint density at radius 3 is 1.73 bits per heavy atom. The number of allylic oxidation sites excluding steroid dienone is 2. The van der Waals surface area contributed by atoms with Crippen molar-refractivity contribution in [2.45, 2.75) is 136 Å². The van der Waals surface area contributed by atoms with Crippen molar-refractivity contribution in [3.63, 3.8) is 0 Å². The molecule has 0 spiro atoms. The number of nitrogens with zero attached hydrogens (tertiary/aromatic N) is 2. The van der Waals surface area contributed by atoms with E-state index >= 15 is 0 Å². The predicted octanol–water partition coefficient (Wildman–Crippen LogP) is 7.78. The first kappa shape index (κ1) is 27.4. The Kier molecular flexibility index (Phi) is 16.4. The van der Waals surface area contributed by atoms with Gasteiger partial charge in [-0.15, -0.1) is 0 Å². The smallest absolute Gasteiger partial charge is 0.200 e. The number of hydrogen-bond acceptors (Lipinski definition) is 2. The van der Waals surface area contributed by atoms with Gasteiger partial charge < -0.3 is 5.11 Å². The van der Waals surface area contributed by atoms with Crippen molar-refractivity contribution in [1.29, 1.82) is 0 Å². The Morgan fingerprint density at radius 2 is 1.30 bits per heavy atom. The third-order valence-electron chi connectivity index (χ3n) is 7.09. The molecule has 0 bridgehead atoms. The third kappa shape index (κ3) is 11.1. The number of quaternary nitrogens is 1. The second-order valence-corrected chi connectivity index (χ2v) is 9.41. The summed E-state index contributed by atoms with van der Waals surface area (Å²) in [7, 11) is 0. The molecule has 0 aromatic carbocycles. The molecule has 3 nitrogen and oxygen atoms in total. The summed E-state index contributed by atoms with van der Waals surface area (Å²) in [6, 6.07) is 0. The first-order chi connectivity index (χ1) is 14.7. The van der Waals surface area contributed by atoms with Crippen LogP contribution in [0.5, 0.6) is 0 Å². The van der Waals surface area contributed by atoms with E-state index in [1.165, 1.54) is 109 Å². The Hall–Kier alpha value is -0.670. The van der Waals surface area contributed by atoms with Crippen molar-refractivity contribution in [3.05, 3.63) is 12.2 Å². The molecule has 0 saturated carbocycles. The molecular weight excluding hydrogens is 368 g/mol. The van der Waals surface area contributed by atoms with Gasteiger partial charge in [0.2, 0.25) is 5.84 Å². The van der Waals surface area contributed by atoms with Gasteiger partial charge in [-0.05, 0) is 33.1 Å². The van der Waals surface area contributed by atoms with Gasteiger partial charge in [0.25, 0.3) is 0 Å². The van der Waals surface area contributed by atoms with Crippen LogP contribution in [0.2, 0.25) is 0 Å². The molecule has 2 atom stereocenters. The maximum absolute atomic E-state index is 10.2. The average Bonchev–Trinajstić information content (AvgIpc) is 3.17. The van der Waals surface area contributed by atoms with E-state index in [4.69, 9.17) is 4.99 Å². The van der Waals surface area contributed by atoms with Gasteiger partial charge in [0.05, 0.1) is 13.1 Å². The van der Waals surface area contributed by atoms with Crippen LogP contribution in [0.25, 0.3) is 0 Å². The van der Waals surface area contributed by atoms with E-state index in [9.17, 15) is 5.11 Å². The van der Waals surface area contributed by atoms with Crippen LogP contribution >= 0.6 is 0 Å². The first-order valence-corrected chi connectivity index (χ1v) is 13.4.